The summed E-state index contributed by atoms with van der Waals surface area (Å²) in [6.45, 7) is 5.58. The second kappa shape index (κ2) is 8.39. The molecule has 2 aromatic rings. The van der Waals surface area contributed by atoms with Crippen LogP contribution in [0.2, 0.25) is 0 Å². The number of nitriles is 2. The molecule has 6 heteroatoms. The lowest BCUT2D eigenvalue weighted by Crippen LogP contribution is -2.58. The summed E-state index contributed by atoms with van der Waals surface area (Å²) >= 11 is 0. The molecule has 0 saturated carbocycles. The zero-order valence-electron chi connectivity index (χ0n) is 17.2. The minimum atomic E-state index is -1.80. The Hall–Kier alpha value is -3.64. The molecule has 0 aliphatic carbocycles. The number of amides is 1. The van der Waals surface area contributed by atoms with Crippen molar-refractivity contribution in [2.45, 2.75) is 32.7 Å². The number of benzene rings is 2. The normalized spacial score (nSPS) is 25.5. The molecule has 0 radical (unpaired) electrons. The fraction of sp³-hybridized carbons (Fsp3) is 0.333. The van der Waals surface area contributed by atoms with Crippen LogP contribution in [0.1, 0.15) is 41.1 Å². The molecule has 1 N–H and O–H groups in total. The summed E-state index contributed by atoms with van der Waals surface area (Å²) in [6, 6.07) is 17.7. The summed E-state index contributed by atoms with van der Waals surface area (Å²) in [6.07, 6.45) is 0. The summed E-state index contributed by atoms with van der Waals surface area (Å²) in [4.78, 5) is 26.2. The van der Waals surface area contributed by atoms with E-state index in [1.54, 1.807) is 31.2 Å². The van der Waals surface area contributed by atoms with Crippen LogP contribution in [-0.2, 0) is 14.3 Å². The molecule has 2 aromatic carbocycles. The minimum Gasteiger partial charge on any atom is -0.465 e. The number of esters is 1. The lowest BCUT2D eigenvalue weighted by atomic mass is 9.59. The van der Waals surface area contributed by atoms with E-state index >= 15 is 0 Å². The predicted octanol–water partition coefficient (Wildman–Crippen LogP) is 3.47. The summed E-state index contributed by atoms with van der Waals surface area (Å²) in [5.41, 5.74) is 1.38. The molecule has 1 aliphatic rings. The second-order valence-corrected chi connectivity index (χ2v) is 7.55. The van der Waals surface area contributed by atoms with Gasteiger partial charge in [0.05, 0.1) is 24.8 Å². The molecule has 1 fully saturated rings. The van der Waals surface area contributed by atoms with Crippen LogP contribution in [0.15, 0.2) is 48.5 Å². The summed E-state index contributed by atoms with van der Waals surface area (Å²) < 4.78 is 5.33. The quantitative estimate of drug-likeness (QED) is 0.790. The average Bonchev–Trinajstić information content (AvgIpc) is 2.74. The Kier molecular flexibility index (Phi) is 5.89. The van der Waals surface area contributed by atoms with Gasteiger partial charge in [-0.3, -0.25) is 9.59 Å². The molecule has 3 rings (SSSR count). The number of hydrogen-bond donors (Lipinski definition) is 1. The van der Waals surface area contributed by atoms with E-state index < -0.39 is 35.2 Å². The zero-order chi connectivity index (χ0) is 21.9. The highest BCUT2D eigenvalue weighted by atomic mass is 16.5. The van der Waals surface area contributed by atoms with Gasteiger partial charge in [0.2, 0.25) is 5.91 Å². The first-order chi connectivity index (χ1) is 14.4. The average molecular weight is 401 g/mol. The molecule has 1 saturated heterocycles. The first-order valence-corrected chi connectivity index (χ1v) is 9.80. The van der Waals surface area contributed by atoms with Crippen LogP contribution in [0.3, 0.4) is 0 Å². The van der Waals surface area contributed by atoms with Crippen molar-refractivity contribution in [2.75, 3.05) is 6.61 Å². The lowest BCUT2D eigenvalue weighted by Gasteiger charge is -2.45. The number of aryl methyl sites for hydroxylation is 2. The van der Waals surface area contributed by atoms with Crippen LogP contribution in [0.5, 0.6) is 0 Å². The van der Waals surface area contributed by atoms with Gasteiger partial charge in [0, 0.05) is 5.92 Å². The van der Waals surface area contributed by atoms with E-state index in [-0.39, 0.29) is 6.61 Å². The van der Waals surface area contributed by atoms with Gasteiger partial charge in [-0.25, -0.2) is 0 Å². The van der Waals surface area contributed by atoms with Gasteiger partial charge in [-0.15, -0.1) is 0 Å². The molecule has 0 spiro atoms. The molecule has 0 aromatic heterocycles. The van der Waals surface area contributed by atoms with Crippen molar-refractivity contribution in [1.82, 2.24) is 5.32 Å². The smallest absolute Gasteiger partial charge is 0.329 e. The van der Waals surface area contributed by atoms with Crippen molar-refractivity contribution in [3.8, 4) is 12.1 Å². The van der Waals surface area contributed by atoms with Crippen molar-refractivity contribution >= 4 is 11.9 Å². The number of rotatable bonds is 4. The van der Waals surface area contributed by atoms with E-state index in [0.717, 1.165) is 11.1 Å². The molecular weight excluding hydrogens is 378 g/mol. The molecular formula is C24H23N3O3. The summed E-state index contributed by atoms with van der Waals surface area (Å²) in [7, 11) is 0. The summed E-state index contributed by atoms with van der Waals surface area (Å²) in [5.74, 6) is -3.45. The maximum Gasteiger partial charge on any atom is 0.329 e. The Morgan fingerprint density at radius 2 is 1.57 bits per heavy atom. The van der Waals surface area contributed by atoms with Crippen LogP contribution >= 0.6 is 0 Å². The highest BCUT2D eigenvalue weighted by Gasteiger charge is 2.62. The van der Waals surface area contributed by atoms with E-state index in [0.29, 0.717) is 11.1 Å². The maximum absolute atomic E-state index is 13.3. The third kappa shape index (κ3) is 3.42. The van der Waals surface area contributed by atoms with Crippen molar-refractivity contribution in [3.63, 3.8) is 0 Å². The molecule has 1 amide bonds. The largest absolute Gasteiger partial charge is 0.465 e. The van der Waals surface area contributed by atoms with Gasteiger partial charge in [-0.1, -0.05) is 59.7 Å². The SMILES string of the molecule is CCOC(=O)C1(C#N)C(c2ccc(C)cc2)NC(=O)C(C#N)C1c1ccc(C)cc1. The van der Waals surface area contributed by atoms with Crippen LogP contribution in [0, 0.1) is 47.8 Å². The Bertz CT molecular complexity index is 1030. The van der Waals surface area contributed by atoms with Gasteiger partial charge < -0.3 is 10.1 Å². The standard InChI is InChI=1S/C24H23N3O3/c1-4-30-23(29)24(14-26)20(17-9-5-15(2)6-10-17)19(13-25)22(28)27-21(24)18-11-7-16(3)8-12-18/h5-12,19-21H,4H2,1-3H3,(H,27,28). The molecule has 6 nitrogen and oxygen atoms in total. The molecule has 4 atom stereocenters. The molecule has 0 bridgehead atoms. The van der Waals surface area contributed by atoms with Crippen LogP contribution in [0.25, 0.3) is 0 Å². The van der Waals surface area contributed by atoms with Crippen LogP contribution < -0.4 is 5.32 Å². The predicted molar refractivity (Wildman–Crippen MR) is 110 cm³/mol. The van der Waals surface area contributed by atoms with E-state index in [2.05, 4.69) is 11.4 Å². The van der Waals surface area contributed by atoms with E-state index in [1.165, 1.54) is 0 Å². The number of carbonyl (C=O) groups excluding carboxylic acids is 2. The molecule has 4 unspecified atom stereocenters. The fourth-order valence-corrected chi connectivity index (χ4v) is 4.08. The Morgan fingerprint density at radius 1 is 1.03 bits per heavy atom. The fourth-order valence-electron chi connectivity index (χ4n) is 4.08. The van der Waals surface area contributed by atoms with Gasteiger partial charge in [-0.2, -0.15) is 10.5 Å². The monoisotopic (exact) mass is 401 g/mol. The van der Waals surface area contributed by atoms with Gasteiger partial charge in [0.25, 0.3) is 0 Å². The Labute approximate surface area is 176 Å². The van der Waals surface area contributed by atoms with Gasteiger partial charge in [0.15, 0.2) is 5.41 Å². The van der Waals surface area contributed by atoms with E-state index in [1.807, 2.05) is 44.2 Å². The zero-order valence-corrected chi connectivity index (χ0v) is 17.2. The van der Waals surface area contributed by atoms with Crippen molar-refractivity contribution in [2.24, 2.45) is 11.3 Å². The molecule has 1 aliphatic heterocycles. The Balaban J connectivity index is 2.30. The maximum atomic E-state index is 13.3. The highest BCUT2D eigenvalue weighted by Crippen LogP contribution is 2.53. The van der Waals surface area contributed by atoms with E-state index in [4.69, 9.17) is 4.74 Å². The van der Waals surface area contributed by atoms with Gasteiger partial charge in [-0.05, 0) is 31.9 Å². The van der Waals surface area contributed by atoms with Crippen molar-refractivity contribution < 1.29 is 14.3 Å². The first kappa shape index (κ1) is 21.1. The number of piperidine rings is 1. The summed E-state index contributed by atoms with van der Waals surface area (Å²) in [5, 5.41) is 23.0. The third-order valence-electron chi connectivity index (χ3n) is 5.63. The van der Waals surface area contributed by atoms with E-state index in [9.17, 15) is 20.1 Å². The van der Waals surface area contributed by atoms with Crippen molar-refractivity contribution in [1.29, 1.82) is 10.5 Å². The number of carbonyl (C=O) groups is 2. The number of ether oxygens (including phenoxy) is 1. The van der Waals surface area contributed by atoms with Crippen LogP contribution in [0.4, 0.5) is 0 Å². The van der Waals surface area contributed by atoms with Gasteiger partial charge >= 0.3 is 5.97 Å². The number of nitrogens with zero attached hydrogens (tertiary/aromatic N) is 2. The number of nitrogens with one attached hydrogen (secondary N) is 1. The molecule has 1 heterocycles. The minimum absolute atomic E-state index is 0.0780. The molecule has 152 valence electrons. The molecule has 30 heavy (non-hydrogen) atoms. The van der Waals surface area contributed by atoms with Gasteiger partial charge in [0.1, 0.15) is 5.92 Å². The second-order valence-electron chi connectivity index (χ2n) is 7.55. The Morgan fingerprint density at radius 3 is 2.03 bits per heavy atom. The van der Waals surface area contributed by atoms with Crippen LogP contribution in [-0.4, -0.2) is 18.5 Å². The first-order valence-electron chi connectivity index (χ1n) is 9.80. The lowest BCUT2D eigenvalue weighted by molar-refractivity contribution is -0.159. The third-order valence-corrected chi connectivity index (χ3v) is 5.63. The number of hydrogen-bond acceptors (Lipinski definition) is 5. The van der Waals surface area contributed by atoms with Crippen molar-refractivity contribution in [3.05, 3.63) is 70.8 Å². The topological polar surface area (TPSA) is 103 Å². The highest BCUT2D eigenvalue weighted by molar-refractivity contribution is 5.92.